The van der Waals surface area contributed by atoms with Crippen LogP contribution in [-0.4, -0.2) is 30.6 Å². The van der Waals surface area contributed by atoms with Gasteiger partial charge in [0.2, 0.25) is 0 Å². The molecule has 1 fully saturated rings. The molecule has 1 atom stereocenters. The minimum Gasteiger partial charge on any atom is -0.376 e. The fraction of sp³-hybridized carbons (Fsp3) is 0.429. The topological polar surface area (TPSA) is 45.7 Å². The van der Waals surface area contributed by atoms with Crippen LogP contribution in [0.2, 0.25) is 0 Å². The molecule has 1 aromatic rings. The van der Waals surface area contributed by atoms with E-state index in [4.69, 9.17) is 17.0 Å². The van der Waals surface area contributed by atoms with Gasteiger partial charge in [0.15, 0.2) is 5.11 Å². The molecule has 0 amide bonds. The van der Waals surface area contributed by atoms with Crippen molar-refractivity contribution in [3.63, 3.8) is 0 Å². The van der Waals surface area contributed by atoms with Crippen molar-refractivity contribution in [3.8, 4) is 0 Å². The summed E-state index contributed by atoms with van der Waals surface area (Å²) in [6, 6.07) is 8.12. The van der Waals surface area contributed by atoms with E-state index in [0.717, 1.165) is 31.6 Å². The lowest BCUT2D eigenvalue weighted by Gasteiger charge is -2.11. The van der Waals surface area contributed by atoms with E-state index in [0.29, 0.717) is 5.11 Å². The van der Waals surface area contributed by atoms with Gasteiger partial charge in [-0.15, -0.1) is 0 Å². The number of benzene rings is 1. The number of hydrogen-bond donors (Lipinski definition) is 2. The number of hydrazone groups is 1. The number of nitrogens with one attached hydrogen (secondary N) is 2. The molecule has 4 nitrogen and oxygen atoms in total. The van der Waals surface area contributed by atoms with E-state index in [1.807, 2.05) is 12.1 Å². The Morgan fingerprint density at radius 1 is 1.58 bits per heavy atom. The van der Waals surface area contributed by atoms with Gasteiger partial charge in [-0.05, 0) is 37.5 Å². The largest absolute Gasteiger partial charge is 0.376 e. The van der Waals surface area contributed by atoms with E-state index < -0.39 is 0 Å². The predicted octanol–water partition coefficient (Wildman–Crippen LogP) is 1.97. The van der Waals surface area contributed by atoms with Crippen LogP contribution in [0.1, 0.15) is 24.0 Å². The van der Waals surface area contributed by atoms with E-state index in [9.17, 15) is 0 Å². The molecule has 0 aromatic heterocycles. The van der Waals surface area contributed by atoms with Crippen LogP contribution >= 0.6 is 12.2 Å². The van der Waals surface area contributed by atoms with Crippen molar-refractivity contribution in [1.29, 1.82) is 0 Å². The van der Waals surface area contributed by atoms with Gasteiger partial charge in [0.25, 0.3) is 0 Å². The molecule has 1 aromatic carbocycles. The van der Waals surface area contributed by atoms with Crippen LogP contribution in [0.4, 0.5) is 0 Å². The number of aryl methyl sites for hydroxylation is 1. The van der Waals surface area contributed by atoms with Crippen molar-refractivity contribution in [2.24, 2.45) is 5.10 Å². The zero-order valence-corrected chi connectivity index (χ0v) is 11.9. The normalized spacial score (nSPS) is 18.7. The molecule has 19 heavy (non-hydrogen) atoms. The Morgan fingerprint density at radius 3 is 3.21 bits per heavy atom. The quantitative estimate of drug-likeness (QED) is 0.502. The summed E-state index contributed by atoms with van der Waals surface area (Å²) in [4.78, 5) is 0. The monoisotopic (exact) mass is 277 g/mol. The van der Waals surface area contributed by atoms with Crippen LogP contribution in [0.25, 0.3) is 0 Å². The Morgan fingerprint density at radius 2 is 2.47 bits per heavy atom. The average molecular weight is 277 g/mol. The highest BCUT2D eigenvalue weighted by Gasteiger charge is 2.14. The molecular formula is C14H19N3OS. The number of rotatable bonds is 4. The first-order valence-corrected chi connectivity index (χ1v) is 6.90. The Labute approximate surface area is 119 Å². The molecule has 0 saturated carbocycles. The molecule has 1 aliphatic heterocycles. The standard InChI is InChI=1S/C14H19N3OS/c1-11-4-2-5-12(8-11)9-16-17-14(19)15-10-13-6-3-7-18-13/h2,4-5,8-9,13H,3,6-7,10H2,1H3,(H2,15,17,19)/b16-9+. The molecule has 0 spiro atoms. The molecule has 2 N–H and O–H groups in total. The Hall–Kier alpha value is -1.46. The third-order valence-corrected chi connectivity index (χ3v) is 3.17. The van der Waals surface area contributed by atoms with Gasteiger partial charge in [0, 0.05) is 13.2 Å². The maximum absolute atomic E-state index is 5.50. The zero-order valence-electron chi connectivity index (χ0n) is 11.1. The average Bonchev–Trinajstić information content (AvgIpc) is 2.89. The van der Waals surface area contributed by atoms with Crippen LogP contribution in [0, 0.1) is 6.92 Å². The summed E-state index contributed by atoms with van der Waals surface area (Å²) in [5, 5.41) is 7.74. The molecule has 1 heterocycles. The van der Waals surface area contributed by atoms with Crippen LogP contribution in [0.15, 0.2) is 29.4 Å². The first-order chi connectivity index (χ1) is 9.24. The second-order valence-electron chi connectivity index (χ2n) is 4.63. The fourth-order valence-electron chi connectivity index (χ4n) is 1.97. The van der Waals surface area contributed by atoms with Crippen molar-refractivity contribution in [2.75, 3.05) is 13.2 Å². The number of nitrogens with zero attached hydrogens (tertiary/aromatic N) is 1. The number of hydrogen-bond acceptors (Lipinski definition) is 3. The van der Waals surface area contributed by atoms with E-state index >= 15 is 0 Å². The second kappa shape index (κ2) is 7.21. The van der Waals surface area contributed by atoms with Gasteiger partial charge in [-0.25, -0.2) is 0 Å². The first kappa shape index (κ1) is 14.0. The summed E-state index contributed by atoms with van der Waals surface area (Å²) in [6.07, 6.45) is 4.27. The summed E-state index contributed by atoms with van der Waals surface area (Å²) in [7, 11) is 0. The Bertz CT molecular complexity index is 456. The number of thiocarbonyl (C=S) groups is 1. The maximum Gasteiger partial charge on any atom is 0.187 e. The molecule has 1 unspecified atom stereocenters. The minimum absolute atomic E-state index is 0.278. The smallest absolute Gasteiger partial charge is 0.187 e. The van der Waals surface area contributed by atoms with Crippen LogP contribution < -0.4 is 10.7 Å². The van der Waals surface area contributed by atoms with Crippen molar-refractivity contribution < 1.29 is 4.74 Å². The third-order valence-electron chi connectivity index (χ3n) is 2.94. The molecule has 0 bridgehead atoms. The first-order valence-electron chi connectivity index (χ1n) is 6.49. The molecular weight excluding hydrogens is 258 g/mol. The van der Waals surface area contributed by atoms with Crippen molar-refractivity contribution >= 4 is 23.5 Å². The van der Waals surface area contributed by atoms with E-state index in [1.54, 1.807) is 6.21 Å². The molecule has 5 heteroatoms. The summed E-state index contributed by atoms with van der Waals surface area (Å²) in [6.45, 7) is 3.66. The van der Waals surface area contributed by atoms with Gasteiger partial charge < -0.3 is 10.1 Å². The molecule has 1 saturated heterocycles. The molecule has 2 rings (SSSR count). The van der Waals surface area contributed by atoms with Gasteiger partial charge in [-0.2, -0.15) is 5.10 Å². The van der Waals surface area contributed by atoms with Crippen LogP contribution in [0.5, 0.6) is 0 Å². The third kappa shape index (κ3) is 4.96. The predicted molar refractivity (Wildman–Crippen MR) is 81.5 cm³/mol. The van der Waals surface area contributed by atoms with Gasteiger partial charge in [-0.3, -0.25) is 5.43 Å². The highest BCUT2D eigenvalue weighted by Crippen LogP contribution is 2.10. The molecule has 0 aliphatic carbocycles. The summed E-state index contributed by atoms with van der Waals surface area (Å²) in [5.74, 6) is 0. The maximum atomic E-state index is 5.50. The van der Waals surface area contributed by atoms with Gasteiger partial charge in [-0.1, -0.05) is 29.8 Å². The lowest BCUT2D eigenvalue weighted by atomic mass is 10.2. The lowest BCUT2D eigenvalue weighted by Crippen LogP contribution is -2.37. The minimum atomic E-state index is 0.278. The SMILES string of the molecule is Cc1cccc(/C=N/NC(=S)NCC2CCCO2)c1. The lowest BCUT2D eigenvalue weighted by molar-refractivity contribution is 0.114. The van der Waals surface area contributed by atoms with Gasteiger partial charge >= 0.3 is 0 Å². The van der Waals surface area contributed by atoms with E-state index in [-0.39, 0.29) is 6.10 Å². The van der Waals surface area contributed by atoms with Crippen molar-refractivity contribution in [3.05, 3.63) is 35.4 Å². The summed E-state index contributed by atoms with van der Waals surface area (Å²) >= 11 is 5.14. The van der Waals surface area contributed by atoms with Gasteiger partial charge in [0.1, 0.15) is 0 Å². The van der Waals surface area contributed by atoms with Crippen LogP contribution in [0.3, 0.4) is 0 Å². The zero-order chi connectivity index (χ0) is 13.5. The van der Waals surface area contributed by atoms with E-state index in [1.165, 1.54) is 5.56 Å². The van der Waals surface area contributed by atoms with Gasteiger partial charge in [0.05, 0.1) is 12.3 Å². The fourth-order valence-corrected chi connectivity index (χ4v) is 2.10. The van der Waals surface area contributed by atoms with Crippen molar-refractivity contribution in [2.45, 2.75) is 25.9 Å². The van der Waals surface area contributed by atoms with E-state index in [2.05, 4.69) is 34.9 Å². The second-order valence-corrected chi connectivity index (χ2v) is 5.04. The number of ether oxygens (including phenoxy) is 1. The Kier molecular flexibility index (Phi) is 5.30. The highest BCUT2D eigenvalue weighted by atomic mass is 32.1. The van der Waals surface area contributed by atoms with Crippen LogP contribution in [-0.2, 0) is 4.74 Å². The van der Waals surface area contributed by atoms with Crippen molar-refractivity contribution in [1.82, 2.24) is 10.7 Å². The summed E-state index contributed by atoms with van der Waals surface area (Å²) < 4.78 is 5.50. The molecule has 102 valence electrons. The molecule has 1 aliphatic rings. The Balaban J connectivity index is 1.70. The molecule has 0 radical (unpaired) electrons. The highest BCUT2D eigenvalue weighted by molar-refractivity contribution is 7.80. The summed E-state index contributed by atoms with van der Waals surface area (Å²) in [5.41, 5.74) is 5.07.